The van der Waals surface area contributed by atoms with Gasteiger partial charge in [-0.25, -0.2) is 0 Å². The molecule has 0 radical (unpaired) electrons. The molecule has 0 spiro atoms. The van der Waals surface area contributed by atoms with Crippen LogP contribution in [0.3, 0.4) is 0 Å². The van der Waals surface area contributed by atoms with E-state index in [1.165, 1.54) is 0 Å². The third kappa shape index (κ3) is 2.43. The SMILES string of the molecule is Cl.NC1(c2noc(Cn3cc(Br)cn3)n2)CCC1. The van der Waals surface area contributed by atoms with Gasteiger partial charge in [0.15, 0.2) is 5.82 Å². The molecule has 2 aromatic rings. The van der Waals surface area contributed by atoms with Gasteiger partial charge < -0.3 is 10.3 Å². The van der Waals surface area contributed by atoms with Crippen LogP contribution in [0.2, 0.25) is 0 Å². The fourth-order valence-electron chi connectivity index (χ4n) is 1.87. The highest BCUT2D eigenvalue weighted by Crippen LogP contribution is 2.36. The molecule has 0 saturated heterocycles. The quantitative estimate of drug-likeness (QED) is 0.926. The van der Waals surface area contributed by atoms with Gasteiger partial charge in [-0.3, -0.25) is 4.68 Å². The van der Waals surface area contributed by atoms with Crippen LogP contribution in [0, 0.1) is 0 Å². The molecule has 0 unspecified atom stereocenters. The lowest BCUT2D eigenvalue weighted by molar-refractivity contribution is 0.228. The first-order valence-electron chi connectivity index (χ1n) is 5.46. The third-order valence-electron chi connectivity index (χ3n) is 3.06. The lowest BCUT2D eigenvalue weighted by Crippen LogP contribution is -2.44. The predicted octanol–water partition coefficient (Wildman–Crippen LogP) is 1.84. The Morgan fingerprint density at radius 2 is 2.28 bits per heavy atom. The van der Waals surface area contributed by atoms with Gasteiger partial charge in [-0.15, -0.1) is 12.4 Å². The van der Waals surface area contributed by atoms with Crippen LogP contribution in [0.15, 0.2) is 21.4 Å². The summed E-state index contributed by atoms with van der Waals surface area (Å²) >= 11 is 3.33. The zero-order valence-electron chi connectivity index (χ0n) is 9.54. The van der Waals surface area contributed by atoms with Gasteiger partial charge >= 0.3 is 0 Å². The van der Waals surface area contributed by atoms with Crippen molar-refractivity contribution >= 4 is 28.3 Å². The van der Waals surface area contributed by atoms with E-state index in [0.29, 0.717) is 18.3 Å². The maximum Gasteiger partial charge on any atom is 0.248 e. The van der Waals surface area contributed by atoms with Crippen LogP contribution >= 0.6 is 28.3 Å². The number of hydrogen-bond donors (Lipinski definition) is 1. The molecule has 1 fully saturated rings. The molecule has 0 atom stereocenters. The fraction of sp³-hybridized carbons (Fsp3) is 0.500. The first-order valence-corrected chi connectivity index (χ1v) is 6.25. The van der Waals surface area contributed by atoms with Crippen molar-refractivity contribution in [3.8, 4) is 0 Å². The Balaban J connectivity index is 0.00000120. The maximum absolute atomic E-state index is 6.12. The van der Waals surface area contributed by atoms with E-state index >= 15 is 0 Å². The van der Waals surface area contributed by atoms with Crippen molar-refractivity contribution < 1.29 is 4.52 Å². The van der Waals surface area contributed by atoms with E-state index in [4.69, 9.17) is 10.3 Å². The number of rotatable bonds is 3. The van der Waals surface area contributed by atoms with E-state index < -0.39 is 0 Å². The second-order valence-electron chi connectivity index (χ2n) is 4.38. The summed E-state index contributed by atoms with van der Waals surface area (Å²) < 4.78 is 7.83. The van der Waals surface area contributed by atoms with Gasteiger partial charge in [0.2, 0.25) is 5.89 Å². The van der Waals surface area contributed by atoms with Gasteiger partial charge in [-0.1, -0.05) is 5.16 Å². The highest BCUT2D eigenvalue weighted by molar-refractivity contribution is 9.10. The molecule has 8 heteroatoms. The summed E-state index contributed by atoms with van der Waals surface area (Å²) in [7, 11) is 0. The normalized spacial score (nSPS) is 17.0. The van der Waals surface area contributed by atoms with Crippen LogP contribution in [0.4, 0.5) is 0 Å². The van der Waals surface area contributed by atoms with Gasteiger partial charge in [-0.2, -0.15) is 10.1 Å². The van der Waals surface area contributed by atoms with E-state index in [2.05, 4.69) is 31.2 Å². The van der Waals surface area contributed by atoms with Crippen molar-refractivity contribution in [1.29, 1.82) is 0 Å². The molecular weight excluding hydrogens is 322 g/mol. The van der Waals surface area contributed by atoms with Crippen molar-refractivity contribution in [2.45, 2.75) is 31.3 Å². The van der Waals surface area contributed by atoms with Gasteiger partial charge in [0.05, 0.1) is 16.2 Å². The molecule has 98 valence electrons. The predicted molar refractivity (Wildman–Crippen MR) is 70.3 cm³/mol. The van der Waals surface area contributed by atoms with Crippen LogP contribution in [-0.2, 0) is 12.1 Å². The molecule has 18 heavy (non-hydrogen) atoms. The molecule has 0 bridgehead atoms. The highest BCUT2D eigenvalue weighted by atomic mass is 79.9. The topological polar surface area (TPSA) is 82.8 Å². The van der Waals surface area contributed by atoms with Crippen molar-refractivity contribution in [3.05, 3.63) is 28.6 Å². The summed E-state index contributed by atoms with van der Waals surface area (Å²) in [5.74, 6) is 1.15. The number of hydrogen-bond acceptors (Lipinski definition) is 5. The van der Waals surface area contributed by atoms with E-state index in [1.807, 2.05) is 6.20 Å². The Kier molecular flexibility index (Phi) is 3.74. The van der Waals surface area contributed by atoms with E-state index in [-0.39, 0.29) is 17.9 Å². The molecule has 0 aliphatic heterocycles. The average Bonchev–Trinajstić information content (AvgIpc) is 2.85. The second kappa shape index (κ2) is 4.99. The van der Waals surface area contributed by atoms with Crippen molar-refractivity contribution in [3.63, 3.8) is 0 Å². The minimum absolute atomic E-state index is 0. The Morgan fingerprint density at radius 1 is 1.50 bits per heavy atom. The van der Waals surface area contributed by atoms with E-state index in [0.717, 1.165) is 23.7 Å². The Bertz CT molecular complexity index is 536. The lowest BCUT2D eigenvalue weighted by atomic mass is 9.77. The summed E-state index contributed by atoms with van der Waals surface area (Å²) in [6.07, 6.45) is 6.56. The minimum atomic E-state index is -0.369. The first-order chi connectivity index (χ1) is 8.16. The number of halogens is 2. The molecule has 1 aliphatic rings. The summed E-state index contributed by atoms with van der Waals surface area (Å²) in [6.45, 7) is 0.467. The summed E-state index contributed by atoms with van der Waals surface area (Å²) in [5, 5.41) is 8.08. The lowest BCUT2D eigenvalue weighted by Gasteiger charge is -2.34. The van der Waals surface area contributed by atoms with E-state index in [1.54, 1.807) is 10.9 Å². The molecule has 2 N–H and O–H groups in total. The largest absolute Gasteiger partial charge is 0.337 e. The van der Waals surface area contributed by atoms with Crippen molar-refractivity contribution in [2.24, 2.45) is 5.73 Å². The fourth-order valence-corrected chi connectivity index (χ4v) is 2.19. The molecular formula is C10H13BrClN5O. The molecule has 1 aliphatic carbocycles. The first kappa shape index (κ1) is 13.5. The van der Waals surface area contributed by atoms with Gasteiger partial charge in [0.1, 0.15) is 6.54 Å². The molecule has 0 aromatic carbocycles. The minimum Gasteiger partial charge on any atom is -0.337 e. The third-order valence-corrected chi connectivity index (χ3v) is 3.47. The van der Waals surface area contributed by atoms with Crippen LogP contribution in [0.5, 0.6) is 0 Å². The number of nitrogens with zero attached hydrogens (tertiary/aromatic N) is 4. The molecule has 2 heterocycles. The molecule has 0 amide bonds. The van der Waals surface area contributed by atoms with Gasteiger partial charge in [-0.05, 0) is 35.2 Å². The molecule has 6 nitrogen and oxygen atoms in total. The van der Waals surface area contributed by atoms with Crippen molar-refractivity contribution in [2.75, 3.05) is 0 Å². The second-order valence-corrected chi connectivity index (χ2v) is 5.29. The van der Waals surface area contributed by atoms with Gasteiger partial charge in [0, 0.05) is 6.20 Å². The molecule has 1 saturated carbocycles. The van der Waals surface area contributed by atoms with Crippen LogP contribution in [-0.4, -0.2) is 19.9 Å². The standard InChI is InChI=1S/C10H12BrN5O.ClH/c11-7-4-13-16(5-7)6-8-14-9(15-17-8)10(12)2-1-3-10;/h4-5H,1-3,6,12H2;1H. The summed E-state index contributed by atoms with van der Waals surface area (Å²) in [5.41, 5.74) is 5.75. The summed E-state index contributed by atoms with van der Waals surface area (Å²) in [4.78, 5) is 4.33. The monoisotopic (exact) mass is 333 g/mol. The summed E-state index contributed by atoms with van der Waals surface area (Å²) in [6, 6.07) is 0. The zero-order valence-corrected chi connectivity index (χ0v) is 11.9. The Hall–Kier alpha value is -0.920. The van der Waals surface area contributed by atoms with Crippen LogP contribution in [0.1, 0.15) is 31.0 Å². The highest BCUT2D eigenvalue weighted by Gasteiger charge is 2.38. The molecule has 3 rings (SSSR count). The van der Waals surface area contributed by atoms with Crippen LogP contribution < -0.4 is 5.73 Å². The Morgan fingerprint density at radius 3 is 2.83 bits per heavy atom. The van der Waals surface area contributed by atoms with Crippen LogP contribution in [0.25, 0.3) is 0 Å². The smallest absolute Gasteiger partial charge is 0.248 e. The van der Waals surface area contributed by atoms with Gasteiger partial charge in [0.25, 0.3) is 0 Å². The average molecular weight is 335 g/mol. The van der Waals surface area contributed by atoms with E-state index in [9.17, 15) is 0 Å². The maximum atomic E-state index is 6.12. The number of nitrogens with two attached hydrogens (primary N) is 1. The van der Waals surface area contributed by atoms with Crippen molar-refractivity contribution in [1.82, 2.24) is 19.9 Å². The Labute approximate surface area is 118 Å². The molecule has 2 aromatic heterocycles. The number of aromatic nitrogens is 4. The zero-order chi connectivity index (χ0) is 11.9.